The first-order valence-corrected chi connectivity index (χ1v) is 14.4. The Kier molecular flexibility index (Phi) is 27.9. The highest BCUT2D eigenvalue weighted by atomic mass is 35.5. The van der Waals surface area contributed by atoms with Gasteiger partial charge in [0.25, 0.3) is 0 Å². The van der Waals surface area contributed by atoms with Crippen LogP contribution in [0, 0.1) is 0 Å². The highest BCUT2D eigenvalue weighted by molar-refractivity contribution is 6.27. The number of hydrogen-bond donors (Lipinski definition) is 1. The Balaban J connectivity index is 0. The summed E-state index contributed by atoms with van der Waals surface area (Å²) in [6.45, 7) is 6.57. The van der Waals surface area contributed by atoms with E-state index in [2.05, 4.69) is 34.9 Å². The second kappa shape index (κ2) is 25.7. The number of rotatable bonds is 23. The molecule has 0 heterocycles. The van der Waals surface area contributed by atoms with Crippen molar-refractivity contribution in [2.24, 2.45) is 0 Å². The maximum atomic E-state index is 5.70. The Hall–Kier alpha value is 0.427. The van der Waals surface area contributed by atoms with Gasteiger partial charge in [-0.3, -0.25) is 0 Å². The van der Waals surface area contributed by atoms with Crippen molar-refractivity contribution in [1.82, 2.24) is 0 Å². The minimum absolute atomic E-state index is 0. The Morgan fingerprint density at radius 2 is 1.03 bits per heavy atom. The van der Waals surface area contributed by atoms with Crippen LogP contribution in [0.2, 0.25) is 6.04 Å². The molecule has 0 aliphatic heterocycles. The van der Waals surface area contributed by atoms with Crippen molar-refractivity contribution >= 4 is 9.76 Å². The molecule has 0 amide bonds. The summed E-state index contributed by atoms with van der Waals surface area (Å²) in [6, 6.07) is 2.10. The van der Waals surface area contributed by atoms with Crippen molar-refractivity contribution in [3.05, 3.63) is 0 Å². The van der Waals surface area contributed by atoms with Crippen LogP contribution in [0.1, 0.15) is 136 Å². The lowest BCUT2D eigenvalue weighted by molar-refractivity contribution is -0.886. The Labute approximate surface area is 200 Å². The molecule has 0 saturated heterocycles. The van der Waals surface area contributed by atoms with Crippen LogP contribution in [0.5, 0.6) is 0 Å². The lowest BCUT2D eigenvalue weighted by atomic mass is 10.0. The lowest BCUT2D eigenvalue weighted by Crippen LogP contribution is -3.10. The first-order chi connectivity index (χ1) is 14.1. The van der Waals surface area contributed by atoms with E-state index in [4.69, 9.17) is 4.43 Å². The summed E-state index contributed by atoms with van der Waals surface area (Å²) in [4.78, 5) is 1.64. The topological polar surface area (TPSA) is 13.7 Å². The Morgan fingerprint density at radius 3 is 1.43 bits per heavy atom. The van der Waals surface area contributed by atoms with Gasteiger partial charge < -0.3 is 21.7 Å². The molecule has 0 fully saturated rings. The zero-order valence-corrected chi connectivity index (χ0v) is 23.1. The smallest absolute Gasteiger partial charge is 0.230 e. The molecule has 1 N–H and O–H groups in total. The van der Waals surface area contributed by atoms with Gasteiger partial charge in [0, 0.05) is 6.10 Å². The van der Waals surface area contributed by atoms with Crippen LogP contribution in [-0.2, 0) is 4.43 Å². The fraction of sp³-hybridized carbons (Fsp3) is 1.00. The predicted octanol–water partition coefficient (Wildman–Crippen LogP) is 4.01. The normalized spacial score (nSPS) is 12.5. The van der Waals surface area contributed by atoms with Gasteiger partial charge in [0.05, 0.1) is 20.1 Å². The summed E-state index contributed by atoms with van der Waals surface area (Å²) in [5.41, 5.74) is 0. The molecule has 2 nitrogen and oxygen atoms in total. The Bertz CT molecular complexity index is 315. The summed E-state index contributed by atoms with van der Waals surface area (Å²) < 4.78 is 5.70. The van der Waals surface area contributed by atoms with E-state index in [0.29, 0.717) is 15.9 Å². The van der Waals surface area contributed by atoms with Crippen molar-refractivity contribution in [1.29, 1.82) is 0 Å². The lowest BCUT2D eigenvalue weighted by Gasteiger charge is -2.21. The Morgan fingerprint density at radius 1 is 0.633 bits per heavy atom. The van der Waals surface area contributed by atoms with Gasteiger partial charge in [0.2, 0.25) is 9.76 Å². The van der Waals surface area contributed by atoms with Crippen LogP contribution in [-0.4, -0.2) is 36.0 Å². The first-order valence-electron chi connectivity index (χ1n) is 13.3. The molecular formula is C26H56ClNOSi. The van der Waals surface area contributed by atoms with Gasteiger partial charge in [0.1, 0.15) is 0 Å². The number of quaternary nitrogens is 1. The highest BCUT2D eigenvalue weighted by Crippen LogP contribution is 2.14. The van der Waals surface area contributed by atoms with Crippen molar-refractivity contribution in [3.8, 4) is 0 Å². The summed E-state index contributed by atoms with van der Waals surface area (Å²) in [6.07, 6.45) is 26.3. The van der Waals surface area contributed by atoms with E-state index in [1.807, 2.05) is 0 Å². The molecule has 4 heteroatoms. The van der Waals surface area contributed by atoms with Crippen molar-refractivity contribution < 1.29 is 21.7 Å². The first kappa shape index (κ1) is 32.6. The maximum Gasteiger partial charge on any atom is 0.230 e. The molecule has 2 radical (unpaired) electrons. The molecule has 0 aliphatic rings. The number of unbranched alkanes of at least 4 members (excludes halogenated alkanes) is 14. The summed E-state index contributed by atoms with van der Waals surface area (Å²) in [5.74, 6) is 0. The van der Waals surface area contributed by atoms with Gasteiger partial charge in [-0.1, -0.05) is 96.8 Å². The molecule has 1 unspecified atom stereocenters. The summed E-state index contributed by atoms with van der Waals surface area (Å²) in [5, 5.41) is 0. The molecule has 0 saturated carbocycles. The van der Waals surface area contributed by atoms with Gasteiger partial charge in [-0.2, -0.15) is 0 Å². The molecule has 0 rings (SSSR count). The molecule has 0 aliphatic carbocycles. The zero-order valence-electron chi connectivity index (χ0n) is 21.4. The molecule has 182 valence electrons. The third kappa shape index (κ3) is 24.7. The van der Waals surface area contributed by atoms with E-state index in [-0.39, 0.29) is 12.4 Å². The molecule has 0 aromatic heterocycles. The van der Waals surface area contributed by atoms with Gasteiger partial charge in [-0.05, 0) is 45.6 Å². The van der Waals surface area contributed by atoms with Crippen LogP contribution in [0.3, 0.4) is 0 Å². The second-order valence-corrected chi connectivity index (χ2v) is 10.7. The van der Waals surface area contributed by atoms with Crippen LogP contribution >= 0.6 is 0 Å². The quantitative estimate of drug-likeness (QED) is 0.179. The SMILES string of the molecule is CCCCCCCCCCCCCCCCCC(CCC[Si]OC(C)C)[NH+](C)C.[Cl-]. The van der Waals surface area contributed by atoms with Crippen molar-refractivity contribution in [2.75, 3.05) is 14.1 Å². The van der Waals surface area contributed by atoms with E-state index in [1.54, 1.807) is 4.90 Å². The van der Waals surface area contributed by atoms with Gasteiger partial charge in [-0.15, -0.1) is 0 Å². The molecule has 0 aromatic carbocycles. The molecule has 1 atom stereocenters. The van der Waals surface area contributed by atoms with Crippen molar-refractivity contribution in [3.63, 3.8) is 0 Å². The third-order valence-electron chi connectivity index (χ3n) is 6.12. The average molecular weight is 462 g/mol. The number of nitrogens with one attached hydrogen (secondary N) is 1. The van der Waals surface area contributed by atoms with Crippen LogP contribution in [0.4, 0.5) is 0 Å². The van der Waals surface area contributed by atoms with Gasteiger partial charge in [-0.25, -0.2) is 0 Å². The minimum Gasteiger partial charge on any atom is -1.00 e. The largest absolute Gasteiger partial charge is 1.00 e. The number of halogens is 1. The van der Waals surface area contributed by atoms with E-state index in [1.165, 1.54) is 122 Å². The van der Waals surface area contributed by atoms with Crippen LogP contribution in [0.15, 0.2) is 0 Å². The molecule has 0 aromatic rings. The molecule has 0 bridgehead atoms. The minimum atomic E-state index is 0. The maximum absolute atomic E-state index is 5.70. The highest BCUT2D eigenvalue weighted by Gasteiger charge is 2.14. The third-order valence-corrected chi connectivity index (χ3v) is 7.32. The average Bonchev–Trinajstić information content (AvgIpc) is 2.68. The van der Waals surface area contributed by atoms with Crippen LogP contribution < -0.4 is 17.3 Å². The number of hydrogen-bond acceptors (Lipinski definition) is 1. The van der Waals surface area contributed by atoms with E-state index >= 15 is 0 Å². The van der Waals surface area contributed by atoms with Gasteiger partial charge >= 0.3 is 0 Å². The van der Waals surface area contributed by atoms with E-state index in [9.17, 15) is 0 Å². The van der Waals surface area contributed by atoms with E-state index in [0.717, 1.165) is 6.04 Å². The molecular weight excluding hydrogens is 406 g/mol. The summed E-state index contributed by atoms with van der Waals surface area (Å²) in [7, 11) is 5.37. The summed E-state index contributed by atoms with van der Waals surface area (Å²) >= 11 is 0. The fourth-order valence-corrected chi connectivity index (χ4v) is 4.93. The van der Waals surface area contributed by atoms with E-state index < -0.39 is 0 Å². The zero-order chi connectivity index (χ0) is 21.6. The van der Waals surface area contributed by atoms with Gasteiger partial charge in [0.15, 0.2) is 0 Å². The predicted molar refractivity (Wildman–Crippen MR) is 132 cm³/mol. The molecule has 0 spiro atoms. The second-order valence-electron chi connectivity index (χ2n) is 9.72. The fourth-order valence-electron chi connectivity index (χ4n) is 4.13. The van der Waals surface area contributed by atoms with Crippen LogP contribution in [0.25, 0.3) is 0 Å². The van der Waals surface area contributed by atoms with Crippen molar-refractivity contribution in [2.45, 2.75) is 155 Å². The standard InChI is InChI=1S/C26H55NOSi.ClH/c1-6-7-8-9-10-11-12-13-14-15-16-17-18-19-20-22-26(27(4)5)23-21-24-29-28-25(2)3;/h25-26H,6-24H2,1-5H3;1H. The monoisotopic (exact) mass is 461 g/mol. The molecule has 30 heavy (non-hydrogen) atoms.